The van der Waals surface area contributed by atoms with Gasteiger partial charge in [0.05, 0.1) is 0 Å². The standard InChI is InChI=1S/C14H27N3O2/c1-17-8-4-6-12(17)9-15-14(19)16-13-7-3-2-5-11(13)10-18/h11-13,18H,2-10H2,1H3,(H2,15,16,19). The second kappa shape index (κ2) is 7.10. The Hall–Kier alpha value is -0.810. The number of aliphatic hydroxyl groups is 1. The molecular formula is C14H27N3O2. The third-order valence-corrected chi connectivity index (χ3v) is 4.63. The average molecular weight is 269 g/mol. The number of carbonyl (C=O) groups excluding carboxylic acids is 1. The molecule has 3 atom stereocenters. The van der Waals surface area contributed by atoms with Crippen molar-refractivity contribution in [2.45, 2.75) is 50.6 Å². The zero-order valence-electron chi connectivity index (χ0n) is 11.9. The van der Waals surface area contributed by atoms with Crippen molar-refractivity contribution in [2.24, 2.45) is 5.92 Å². The Labute approximate surface area is 115 Å². The molecule has 110 valence electrons. The average Bonchev–Trinajstić information content (AvgIpc) is 2.82. The van der Waals surface area contributed by atoms with Crippen molar-refractivity contribution in [3.05, 3.63) is 0 Å². The summed E-state index contributed by atoms with van der Waals surface area (Å²) in [5.41, 5.74) is 0. The Morgan fingerprint density at radius 1 is 1.26 bits per heavy atom. The van der Waals surface area contributed by atoms with Crippen LogP contribution in [0.25, 0.3) is 0 Å². The van der Waals surface area contributed by atoms with E-state index in [9.17, 15) is 9.90 Å². The Bertz CT molecular complexity index is 298. The van der Waals surface area contributed by atoms with Crippen LogP contribution >= 0.6 is 0 Å². The molecule has 2 amide bonds. The van der Waals surface area contributed by atoms with Crippen LogP contribution in [0.5, 0.6) is 0 Å². The van der Waals surface area contributed by atoms with E-state index in [4.69, 9.17) is 0 Å². The predicted molar refractivity (Wildman–Crippen MR) is 75.0 cm³/mol. The quantitative estimate of drug-likeness (QED) is 0.711. The van der Waals surface area contributed by atoms with E-state index < -0.39 is 0 Å². The van der Waals surface area contributed by atoms with Crippen LogP contribution in [0.1, 0.15) is 38.5 Å². The van der Waals surface area contributed by atoms with E-state index in [2.05, 4.69) is 22.6 Å². The van der Waals surface area contributed by atoms with E-state index in [0.717, 1.165) is 38.8 Å². The smallest absolute Gasteiger partial charge is 0.315 e. The molecule has 0 radical (unpaired) electrons. The molecule has 0 spiro atoms. The number of aliphatic hydroxyl groups excluding tert-OH is 1. The number of amides is 2. The molecular weight excluding hydrogens is 242 g/mol. The zero-order chi connectivity index (χ0) is 13.7. The van der Waals surface area contributed by atoms with Crippen molar-refractivity contribution in [1.82, 2.24) is 15.5 Å². The van der Waals surface area contributed by atoms with E-state index in [-0.39, 0.29) is 24.6 Å². The van der Waals surface area contributed by atoms with Crippen LogP contribution in [0.3, 0.4) is 0 Å². The highest BCUT2D eigenvalue weighted by Gasteiger charge is 2.26. The molecule has 0 bridgehead atoms. The van der Waals surface area contributed by atoms with Gasteiger partial charge in [-0.05, 0) is 39.3 Å². The number of carbonyl (C=O) groups is 1. The normalized spacial score (nSPS) is 32.2. The summed E-state index contributed by atoms with van der Waals surface area (Å²) in [7, 11) is 2.11. The lowest BCUT2D eigenvalue weighted by Gasteiger charge is -2.31. The van der Waals surface area contributed by atoms with Crippen molar-refractivity contribution >= 4 is 6.03 Å². The molecule has 1 aliphatic heterocycles. The van der Waals surface area contributed by atoms with Gasteiger partial charge in [-0.15, -0.1) is 0 Å². The van der Waals surface area contributed by atoms with Crippen LogP contribution < -0.4 is 10.6 Å². The molecule has 0 aromatic carbocycles. The molecule has 1 aliphatic carbocycles. The minimum absolute atomic E-state index is 0.0781. The van der Waals surface area contributed by atoms with Gasteiger partial charge in [0.25, 0.3) is 0 Å². The number of hydrogen-bond acceptors (Lipinski definition) is 3. The van der Waals surface area contributed by atoms with E-state index in [1.165, 1.54) is 12.8 Å². The van der Waals surface area contributed by atoms with Gasteiger partial charge in [0.1, 0.15) is 0 Å². The van der Waals surface area contributed by atoms with Crippen LogP contribution in [0, 0.1) is 5.92 Å². The van der Waals surface area contributed by atoms with Crippen molar-refractivity contribution in [3.63, 3.8) is 0 Å². The first-order valence-electron chi connectivity index (χ1n) is 7.56. The maximum absolute atomic E-state index is 11.9. The summed E-state index contributed by atoms with van der Waals surface area (Å²) in [5, 5.41) is 15.3. The highest BCUT2D eigenvalue weighted by atomic mass is 16.3. The Kier molecular flexibility index (Phi) is 5.45. The van der Waals surface area contributed by atoms with Gasteiger partial charge >= 0.3 is 6.03 Å². The SMILES string of the molecule is CN1CCCC1CNC(=O)NC1CCCCC1CO. The third-order valence-electron chi connectivity index (χ3n) is 4.63. The molecule has 1 saturated heterocycles. The molecule has 3 unspecified atom stereocenters. The number of nitrogens with zero attached hydrogens (tertiary/aromatic N) is 1. The van der Waals surface area contributed by atoms with Crippen molar-refractivity contribution in [1.29, 1.82) is 0 Å². The minimum atomic E-state index is -0.0781. The van der Waals surface area contributed by atoms with Gasteiger partial charge in [-0.25, -0.2) is 4.79 Å². The Morgan fingerprint density at radius 3 is 2.74 bits per heavy atom. The van der Waals surface area contributed by atoms with E-state index >= 15 is 0 Å². The molecule has 3 N–H and O–H groups in total. The van der Waals surface area contributed by atoms with Gasteiger partial charge in [0, 0.05) is 31.2 Å². The first-order valence-corrected chi connectivity index (χ1v) is 7.56. The summed E-state index contributed by atoms with van der Waals surface area (Å²) in [4.78, 5) is 14.2. The monoisotopic (exact) mass is 269 g/mol. The van der Waals surface area contributed by atoms with Crippen LogP contribution in [0.4, 0.5) is 4.79 Å². The molecule has 2 fully saturated rings. The summed E-state index contributed by atoms with van der Waals surface area (Å²) >= 11 is 0. The van der Waals surface area contributed by atoms with E-state index in [1.807, 2.05) is 0 Å². The van der Waals surface area contributed by atoms with Crippen LogP contribution in [0.2, 0.25) is 0 Å². The summed E-state index contributed by atoms with van der Waals surface area (Å²) in [5.74, 6) is 0.230. The van der Waals surface area contributed by atoms with Crippen LogP contribution in [-0.2, 0) is 0 Å². The topological polar surface area (TPSA) is 64.6 Å². The second-order valence-electron chi connectivity index (χ2n) is 5.96. The van der Waals surface area contributed by atoms with E-state index in [1.54, 1.807) is 0 Å². The molecule has 1 saturated carbocycles. The molecule has 2 rings (SSSR count). The molecule has 5 heteroatoms. The van der Waals surface area contributed by atoms with Gasteiger partial charge < -0.3 is 20.6 Å². The number of hydrogen-bond donors (Lipinski definition) is 3. The van der Waals surface area contributed by atoms with Gasteiger partial charge in [-0.3, -0.25) is 0 Å². The van der Waals surface area contributed by atoms with Crippen molar-refractivity contribution < 1.29 is 9.90 Å². The summed E-state index contributed by atoms with van der Waals surface area (Å²) in [6.45, 7) is 2.03. The Morgan fingerprint density at radius 2 is 2.05 bits per heavy atom. The number of nitrogens with one attached hydrogen (secondary N) is 2. The van der Waals surface area contributed by atoms with Gasteiger partial charge in [-0.1, -0.05) is 12.8 Å². The fraction of sp³-hybridized carbons (Fsp3) is 0.929. The fourth-order valence-corrected chi connectivity index (χ4v) is 3.28. The summed E-state index contributed by atoms with van der Waals surface area (Å²) in [6.07, 6.45) is 6.71. The fourth-order valence-electron chi connectivity index (χ4n) is 3.28. The van der Waals surface area contributed by atoms with Gasteiger partial charge in [0.2, 0.25) is 0 Å². The van der Waals surface area contributed by atoms with Crippen molar-refractivity contribution in [2.75, 3.05) is 26.7 Å². The first kappa shape index (κ1) is 14.6. The number of likely N-dealkylation sites (tertiary alicyclic amines) is 1. The highest BCUT2D eigenvalue weighted by molar-refractivity contribution is 5.74. The van der Waals surface area contributed by atoms with Crippen LogP contribution in [0.15, 0.2) is 0 Å². The predicted octanol–water partition coefficient (Wildman–Crippen LogP) is 0.931. The zero-order valence-corrected chi connectivity index (χ0v) is 11.9. The third kappa shape index (κ3) is 4.08. The number of rotatable bonds is 4. The molecule has 2 aliphatic rings. The Balaban J connectivity index is 1.71. The van der Waals surface area contributed by atoms with Gasteiger partial charge in [-0.2, -0.15) is 0 Å². The lowest BCUT2D eigenvalue weighted by atomic mass is 9.85. The van der Waals surface area contributed by atoms with E-state index in [0.29, 0.717) is 6.04 Å². The molecule has 0 aromatic heterocycles. The molecule has 0 aromatic rings. The largest absolute Gasteiger partial charge is 0.396 e. The van der Waals surface area contributed by atoms with Crippen LogP contribution in [-0.4, -0.2) is 54.9 Å². The second-order valence-corrected chi connectivity index (χ2v) is 5.96. The first-order chi connectivity index (χ1) is 9.20. The van der Waals surface area contributed by atoms with Gasteiger partial charge in [0.15, 0.2) is 0 Å². The maximum Gasteiger partial charge on any atom is 0.315 e. The maximum atomic E-state index is 11.9. The molecule has 5 nitrogen and oxygen atoms in total. The lowest BCUT2D eigenvalue weighted by Crippen LogP contribution is -2.49. The lowest BCUT2D eigenvalue weighted by molar-refractivity contribution is 0.153. The highest BCUT2D eigenvalue weighted by Crippen LogP contribution is 2.23. The minimum Gasteiger partial charge on any atom is -0.396 e. The summed E-state index contributed by atoms with van der Waals surface area (Å²) < 4.78 is 0. The summed E-state index contributed by atoms with van der Waals surface area (Å²) in [6, 6.07) is 0.538. The number of urea groups is 1. The number of likely N-dealkylation sites (N-methyl/N-ethyl adjacent to an activating group) is 1. The van der Waals surface area contributed by atoms with Crippen molar-refractivity contribution in [3.8, 4) is 0 Å². The molecule has 1 heterocycles. The molecule has 19 heavy (non-hydrogen) atoms.